The molecule has 0 spiro atoms. The molecule has 1 aromatic heterocycles. The number of carbonyl (C=O) groups is 2. The van der Waals surface area contributed by atoms with Crippen molar-refractivity contribution in [2.75, 3.05) is 58.4 Å². The summed E-state index contributed by atoms with van der Waals surface area (Å²) in [5.74, 6) is -0.0101. The first-order valence-electron chi connectivity index (χ1n) is 10.9. The predicted molar refractivity (Wildman–Crippen MR) is 135 cm³/mol. The zero-order chi connectivity index (χ0) is 24.9. The summed E-state index contributed by atoms with van der Waals surface area (Å²) in [6.45, 7) is 10.2. The molecule has 182 valence electrons. The van der Waals surface area contributed by atoms with E-state index in [2.05, 4.69) is 53.2 Å². The average Bonchev–Trinajstić information content (AvgIpc) is 2.77. The van der Waals surface area contributed by atoms with Crippen molar-refractivity contribution in [1.82, 2.24) is 20.6 Å². The third-order valence-corrected chi connectivity index (χ3v) is 5.33. The number of anilines is 2. The maximum absolute atomic E-state index is 12.5. The van der Waals surface area contributed by atoms with E-state index in [0.717, 1.165) is 42.4 Å². The second-order valence-electron chi connectivity index (χ2n) is 8.25. The Labute approximate surface area is 201 Å². The number of carbonyl (C=O) groups excluding carboxylic acids is 2. The lowest BCUT2D eigenvalue weighted by molar-refractivity contribution is -0.889. The van der Waals surface area contributed by atoms with Crippen LogP contribution < -0.4 is 21.7 Å². The number of hydrogen-bond donors (Lipinski definition) is 4. The van der Waals surface area contributed by atoms with E-state index in [-0.39, 0.29) is 34.3 Å². The van der Waals surface area contributed by atoms with Gasteiger partial charge in [0.1, 0.15) is 0 Å². The summed E-state index contributed by atoms with van der Waals surface area (Å²) in [4.78, 5) is 32.5. The van der Waals surface area contributed by atoms with Gasteiger partial charge in [0, 0.05) is 13.6 Å². The number of nitrogens with zero attached hydrogens (tertiary/aromatic N) is 3. The van der Waals surface area contributed by atoms with Crippen LogP contribution in [0.1, 0.15) is 36.2 Å². The fraction of sp³-hybridized carbons (Fsp3) is 0.478. The molecule has 0 saturated carbocycles. The zero-order valence-electron chi connectivity index (χ0n) is 19.9. The van der Waals surface area contributed by atoms with Gasteiger partial charge in [-0.25, -0.2) is 9.97 Å². The van der Waals surface area contributed by atoms with Gasteiger partial charge >= 0.3 is 0 Å². The Morgan fingerprint density at radius 2 is 1.82 bits per heavy atom. The highest BCUT2D eigenvalue weighted by Gasteiger charge is 2.19. The Bertz CT molecular complexity index is 869. The van der Waals surface area contributed by atoms with E-state index >= 15 is 0 Å². The first-order chi connectivity index (χ1) is 15.6. The van der Waals surface area contributed by atoms with E-state index in [1.54, 1.807) is 25.3 Å². The normalized spacial score (nSPS) is 11.6. The molecule has 9 nitrogen and oxygen atoms in total. The number of halogens is 1. The van der Waals surface area contributed by atoms with Gasteiger partial charge in [0.05, 0.1) is 40.2 Å². The number of nitrogens with two attached hydrogens (primary N) is 1. The number of rotatable bonds is 15. The van der Waals surface area contributed by atoms with E-state index in [1.807, 2.05) is 0 Å². The number of unbranched alkanes of at least 4 members (excludes halogenated alkanes) is 2. The standard InChI is InChI=1S/C23H36ClN7O2/c1-6-11-17(7-2)16-18(32)27-12-9-8-10-14-31(4,5)15-13-28-23(33)19-22(26-3)30-21(25)20(24)29-19/h6-7,11H,1-2,8-10,12-16H2,3-5H3,(H4-,25,26,27,28,30,32,33)/p+1/b17-11+. The van der Waals surface area contributed by atoms with Gasteiger partial charge in [-0.3, -0.25) is 9.59 Å². The Morgan fingerprint density at radius 3 is 2.45 bits per heavy atom. The number of nitrogen functional groups attached to an aromatic ring is 1. The number of nitrogens with one attached hydrogen (secondary N) is 3. The highest BCUT2D eigenvalue weighted by atomic mass is 35.5. The third-order valence-electron chi connectivity index (χ3n) is 5.05. The van der Waals surface area contributed by atoms with Gasteiger partial charge in [-0.2, -0.15) is 0 Å². The maximum atomic E-state index is 12.5. The summed E-state index contributed by atoms with van der Waals surface area (Å²) in [7, 11) is 5.88. The molecular formula is C23H37ClN7O2+. The molecule has 0 aliphatic carbocycles. The van der Waals surface area contributed by atoms with Crippen LogP contribution in [-0.2, 0) is 4.79 Å². The SMILES string of the molecule is C=C/C=C(\C=C)CC(=O)NCCCCC[N+](C)(C)CCNC(=O)c1nc(Cl)c(N)nc1NC. The van der Waals surface area contributed by atoms with Gasteiger partial charge < -0.3 is 26.2 Å². The van der Waals surface area contributed by atoms with Crippen LogP contribution in [0.15, 0.2) is 37.0 Å². The van der Waals surface area contributed by atoms with Gasteiger partial charge in [0.15, 0.2) is 22.5 Å². The molecule has 0 fully saturated rings. The van der Waals surface area contributed by atoms with Crippen molar-refractivity contribution in [3.8, 4) is 0 Å². The predicted octanol–water partition coefficient (Wildman–Crippen LogP) is 2.54. The van der Waals surface area contributed by atoms with Gasteiger partial charge in [0.25, 0.3) is 5.91 Å². The minimum Gasteiger partial charge on any atom is -0.381 e. The van der Waals surface area contributed by atoms with Crippen LogP contribution in [0, 0.1) is 0 Å². The molecular weight excluding hydrogens is 442 g/mol. The second-order valence-corrected chi connectivity index (χ2v) is 8.61. The Kier molecular flexibility index (Phi) is 12.2. The van der Waals surface area contributed by atoms with Crippen molar-refractivity contribution in [3.63, 3.8) is 0 Å². The van der Waals surface area contributed by atoms with E-state index in [9.17, 15) is 9.59 Å². The molecule has 0 aliphatic heterocycles. The molecule has 33 heavy (non-hydrogen) atoms. The molecule has 1 heterocycles. The first-order valence-corrected chi connectivity index (χ1v) is 11.3. The number of hydrogen-bond acceptors (Lipinski definition) is 6. The monoisotopic (exact) mass is 478 g/mol. The van der Waals surface area contributed by atoms with E-state index in [4.69, 9.17) is 17.3 Å². The van der Waals surface area contributed by atoms with Gasteiger partial charge in [-0.15, -0.1) is 0 Å². The molecule has 0 saturated heterocycles. The van der Waals surface area contributed by atoms with Crippen LogP contribution in [-0.4, -0.2) is 73.6 Å². The summed E-state index contributed by atoms with van der Waals surface area (Å²) in [5.41, 5.74) is 6.61. The number of likely N-dealkylation sites (N-methyl/N-ethyl adjacent to an activating group) is 1. The van der Waals surface area contributed by atoms with Crippen LogP contribution in [0.5, 0.6) is 0 Å². The fourth-order valence-electron chi connectivity index (χ4n) is 3.10. The van der Waals surface area contributed by atoms with E-state index in [0.29, 0.717) is 19.5 Å². The Balaban J connectivity index is 2.31. The van der Waals surface area contributed by atoms with Crippen LogP contribution in [0.2, 0.25) is 5.15 Å². The molecule has 0 unspecified atom stereocenters. The largest absolute Gasteiger partial charge is 0.381 e. The minimum absolute atomic E-state index is 0.000764. The molecule has 0 radical (unpaired) electrons. The van der Waals surface area contributed by atoms with E-state index < -0.39 is 0 Å². The lowest BCUT2D eigenvalue weighted by atomic mass is 10.1. The van der Waals surface area contributed by atoms with Crippen molar-refractivity contribution >= 4 is 35.1 Å². The summed E-state index contributed by atoms with van der Waals surface area (Å²) in [5, 5.41) is 8.61. The van der Waals surface area contributed by atoms with Gasteiger partial charge in [-0.1, -0.05) is 43.0 Å². The molecule has 1 rings (SSSR count). The Morgan fingerprint density at radius 1 is 1.09 bits per heavy atom. The lowest BCUT2D eigenvalue weighted by Crippen LogP contribution is -2.46. The molecule has 0 aliphatic rings. The summed E-state index contributed by atoms with van der Waals surface area (Å²) in [6.07, 6.45) is 8.37. The summed E-state index contributed by atoms with van der Waals surface area (Å²) >= 11 is 5.90. The molecule has 1 aromatic rings. The number of allylic oxidation sites excluding steroid dienone is 3. The fourth-order valence-corrected chi connectivity index (χ4v) is 3.22. The molecule has 0 atom stereocenters. The average molecular weight is 479 g/mol. The minimum atomic E-state index is -0.355. The van der Waals surface area contributed by atoms with Crippen molar-refractivity contribution in [3.05, 3.63) is 47.8 Å². The lowest BCUT2D eigenvalue weighted by Gasteiger charge is -2.30. The first kappa shape index (κ1) is 28.1. The van der Waals surface area contributed by atoms with Gasteiger partial charge in [-0.05, 0) is 24.8 Å². The molecule has 2 amide bonds. The van der Waals surface area contributed by atoms with Crippen molar-refractivity contribution in [1.29, 1.82) is 0 Å². The molecule has 5 N–H and O–H groups in total. The highest BCUT2D eigenvalue weighted by molar-refractivity contribution is 6.31. The number of quaternary nitrogens is 1. The molecule has 0 bridgehead atoms. The van der Waals surface area contributed by atoms with Gasteiger partial charge in [0.2, 0.25) is 5.91 Å². The van der Waals surface area contributed by atoms with Crippen LogP contribution >= 0.6 is 11.6 Å². The van der Waals surface area contributed by atoms with Crippen LogP contribution in [0.4, 0.5) is 11.6 Å². The molecule has 0 aromatic carbocycles. The number of amides is 2. The van der Waals surface area contributed by atoms with Crippen LogP contribution in [0.3, 0.4) is 0 Å². The summed E-state index contributed by atoms with van der Waals surface area (Å²) in [6, 6.07) is 0. The maximum Gasteiger partial charge on any atom is 0.274 e. The van der Waals surface area contributed by atoms with Crippen LogP contribution in [0.25, 0.3) is 0 Å². The third kappa shape index (κ3) is 10.5. The topological polar surface area (TPSA) is 122 Å². The Hall–Kier alpha value is -2.91. The quantitative estimate of drug-likeness (QED) is 0.174. The zero-order valence-corrected chi connectivity index (χ0v) is 20.7. The molecule has 10 heteroatoms. The van der Waals surface area contributed by atoms with E-state index in [1.165, 1.54) is 0 Å². The smallest absolute Gasteiger partial charge is 0.274 e. The summed E-state index contributed by atoms with van der Waals surface area (Å²) < 4.78 is 0.759. The highest BCUT2D eigenvalue weighted by Crippen LogP contribution is 2.19. The van der Waals surface area contributed by atoms with Crippen molar-refractivity contribution in [2.45, 2.75) is 25.7 Å². The van der Waals surface area contributed by atoms with Crippen molar-refractivity contribution in [2.24, 2.45) is 0 Å². The van der Waals surface area contributed by atoms with Crippen molar-refractivity contribution < 1.29 is 14.1 Å². The number of aromatic nitrogens is 2. The second kappa shape index (κ2) is 14.3.